The zero-order valence-electron chi connectivity index (χ0n) is 12.4. The summed E-state index contributed by atoms with van der Waals surface area (Å²) in [5.74, 6) is 1.17. The van der Waals surface area contributed by atoms with Gasteiger partial charge in [0.15, 0.2) is 5.82 Å². The topological polar surface area (TPSA) is 73.1 Å². The molecule has 0 aromatic carbocycles. The lowest BCUT2D eigenvalue weighted by Crippen LogP contribution is -2.28. The predicted octanol–water partition coefficient (Wildman–Crippen LogP) is 2.93. The molecule has 5 nitrogen and oxygen atoms in total. The van der Waals surface area contributed by atoms with Gasteiger partial charge in [0.2, 0.25) is 5.88 Å². The highest BCUT2D eigenvalue weighted by Gasteiger charge is 2.22. The van der Waals surface area contributed by atoms with E-state index in [0.29, 0.717) is 23.4 Å². The first-order valence-electron chi connectivity index (χ1n) is 7.16. The molecule has 1 aliphatic carbocycles. The van der Waals surface area contributed by atoms with Gasteiger partial charge in [0.25, 0.3) is 0 Å². The van der Waals surface area contributed by atoms with Crippen LogP contribution in [-0.4, -0.2) is 33.6 Å². The van der Waals surface area contributed by atoms with E-state index in [9.17, 15) is 0 Å². The average molecular weight is 296 g/mol. The molecule has 0 radical (unpaired) electrons. The smallest absolute Gasteiger partial charge is 0.242 e. The first kappa shape index (κ1) is 15.2. The Bertz CT molecular complexity index is 433. The van der Waals surface area contributed by atoms with Gasteiger partial charge in [0.05, 0.1) is 6.10 Å². The summed E-state index contributed by atoms with van der Waals surface area (Å²) in [6, 6.07) is 0.447. The standard InChI is InChI=1S/C14H24N4OS/c1-9(2)19-14-12(15)13(16-8-17-14)18-10-4-6-11(20-3)7-5-10/h8-11H,4-7,15H2,1-3H3,(H,16,17,18). The number of nitrogens with zero attached hydrogens (tertiary/aromatic N) is 2. The van der Waals surface area contributed by atoms with Gasteiger partial charge in [-0.05, 0) is 45.8 Å². The summed E-state index contributed by atoms with van der Waals surface area (Å²) in [5.41, 5.74) is 6.59. The Morgan fingerprint density at radius 1 is 1.30 bits per heavy atom. The van der Waals surface area contributed by atoms with Crippen LogP contribution in [0.25, 0.3) is 0 Å². The van der Waals surface area contributed by atoms with Gasteiger partial charge >= 0.3 is 0 Å². The van der Waals surface area contributed by atoms with Gasteiger partial charge in [-0.1, -0.05) is 0 Å². The summed E-state index contributed by atoms with van der Waals surface area (Å²) >= 11 is 1.97. The summed E-state index contributed by atoms with van der Waals surface area (Å²) in [4.78, 5) is 8.34. The number of nitrogens with two attached hydrogens (primary N) is 1. The zero-order valence-corrected chi connectivity index (χ0v) is 13.2. The summed E-state index contributed by atoms with van der Waals surface area (Å²) in [6.45, 7) is 3.91. The highest BCUT2D eigenvalue weighted by Crippen LogP contribution is 2.31. The van der Waals surface area contributed by atoms with E-state index < -0.39 is 0 Å². The first-order chi connectivity index (χ1) is 9.60. The molecule has 1 aromatic heterocycles. The maximum Gasteiger partial charge on any atom is 0.242 e. The Hall–Kier alpha value is -1.17. The van der Waals surface area contributed by atoms with Crippen molar-refractivity contribution < 1.29 is 4.74 Å². The van der Waals surface area contributed by atoms with Crippen LogP contribution in [0, 0.1) is 0 Å². The predicted molar refractivity (Wildman–Crippen MR) is 85.4 cm³/mol. The molecule has 0 saturated heterocycles. The summed E-state index contributed by atoms with van der Waals surface area (Å²) in [7, 11) is 0. The molecular weight excluding hydrogens is 272 g/mol. The fraction of sp³-hybridized carbons (Fsp3) is 0.714. The van der Waals surface area contributed by atoms with Crippen molar-refractivity contribution in [3.05, 3.63) is 6.33 Å². The highest BCUT2D eigenvalue weighted by molar-refractivity contribution is 7.99. The van der Waals surface area contributed by atoms with Gasteiger partial charge in [0, 0.05) is 11.3 Å². The molecule has 3 N–H and O–H groups in total. The molecule has 1 aliphatic rings. The minimum absolute atomic E-state index is 0.0528. The van der Waals surface area contributed by atoms with E-state index in [1.807, 2.05) is 25.6 Å². The van der Waals surface area contributed by atoms with Crippen LogP contribution in [0.4, 0.5) is 11.5 Å². The van der Waals surface area contributed by atoms with Crippen molar-refractivity contribution in [3.8, 4) is 5.88 Å². The van der Waals surface area contributed by atoms with Crippen LogP contribution in [-0.2, 0) is 0 Å². The normalized spacial score (nSPS) is 22.8. The zero-order chi connectivity index (χ0) is 14.5. The summed E-state index contributed by atoms with van der Waals surface area (Å²) in [5, 5.41) is 4.24. The third-order valence-electron chi connectivity index (χ3n) is 3.54. The largest absolute Gasteiger partial charge is 0.473 e. The van der Waals surface area contributed by atoms with Crippen LogP contribution in [0.5, 0.6) is 5.88 Å². The van der Waals surface area contributed by atoms with E-state index in [2.05, 4.69) is 21.5 Å². The molecule has 0 spiro atoms. The van der Waals surface area contributed by atoms with Crippen molar-refractivity contribution in [1.82, 2.24) is 9.97 Å². The van der Waals surface area contributed by atoms with Crippen LogP contribution in [0.3, 0.4) is 0 Å². The van der Waals surface area contributed by atoms with E-state index in [-0.39, 0.29) is 6.10 Å². The van der Waals surface area contributed by atoms with Crippen molar-refractivity contribution in [2.24, 2.45) is 0 Å². The van der Waals surface area contributed by atoms with Crippen LogP contribution in [0.2, 0.25) is 0 Å². The number of hydrogen-bond acceptors (Lipinski definition) is 6. The van der Waals surface area contributed by atoms with Crippen LogP contribution < -0.4 is 15.8 Å². The molecular formula is C14H24N4OS. The maximum absolute atomic E-state index is 6.09. The maximum atomic E-state index is 6.09. The fourth-order valence-corrected chi connectivity index (χ4v) is 3.19. The monoisotopic (exact) mass is 296 g/mol. The lowest BCUT2D eigenvalue weighted by Gasteiger charge is -2.28. The van der Waals surface area contributed by atoms with Gasteiger partial charge in [0.1, 0.15) is 12.0 Å². The van der Waals surface area contributed by atoms with E-state index in [0.717, 1.165) is 18.1 Å². The van der Waals surface area contributed by atoms with E-state index >= 15 is 0 Å². The lowest BCUT2D eigenvalue weighted by atomic mass is 9.95. The van der Waals surface area contributed by atoms with Gasteiger partial charge < -0.3 is 15.8 Å². The number of hydrogen-bond donors (Lipinski definition) is 2. The van der Waals surface area contributed by atoms with Crippen LogP contribution in [0.1, 0.15) is 39.5 Å². The number of thioether (sulfide) groups is 1. The van der Waals surface area contributed by atoms with Crippen molar-refractivity contribution in [3.63, 3.8) is 0 Å². The number of ether oxygens (including phenoxy) is 1. The molecule has 1 saturated carbocycles. The highest BCUT2D eigenvalue weighted by atomic mass is 32.2. The SMILES string of the molecule is CSC1CCC(Nc2ncnc(OC(C)C)c2N)CC1. The second-order valence-electron chi connectivity index (χ2n) is 5.46. The van der Waals surface area contributed by atoms with Crippen molar-refractivity contribution in [2.75, 3.05) is 17.3 Å². The molecule has 0 amide bonds. The molecule has 0 unspecified atom stereocenters. The van der Waals surface area contributed by atoms with Crippen molar-refractivity contribution in [1.29, 1.82) is 0 Å². The Kier molecular flexibility index (Phi) is 5.34. The molecule has 0 bridgehead atoms. The number of nitrogens with one attached hydrogen (secondary N) is 1. The number of nitrogen functional groups attached to an aromatic ring is 1. The Morgan fingerprint density at radius 2 is 2.00 bits per heavy atom. The molecule has 1 fully saturated rings. The molecule has 6 heteroatoms. The van der Waals surface area contributed by atoms with E-state index in [4.69, 9.17) is 10.5 Å². The van der Waals surface area contributed by atoms with Crippen LogP contribution >= 0.6 is 11.8 Å². The van der Waals surface area contributed by atoms with E-state index in [1.165, 1.54) is 19.2 Å². The fourth-order valence-electron chi connectivity index (χ4n) is 2.45. The summed E-state index contributed by atoms with van der Waals surface area (Å²) < 4.78 is 5.59. The van der Waals surface area contributed by atoms with Crippen LogP contribution in [0.15, 0.2) is 6.33 Å². The second-order valence-corrected chi connectivity index (χ2v) is 6.60. The molecule has 20 heavy (non-hydrogen) atoms. The minimum Gasteiger partial charge on any atom is -0.473 e. The number of rotatable bonds is 5. The van der Waals surface area contributed by atoms with Gasteiger partial charge in [-0.25, -0.2) is 4.98 Å². The quantitative estimate of drug-likeness (QED) is 0.870. The molecule has 1 aromatic rings. The average Bonchev–Trinajstić information content (AvgIpc) is 2.43. The summed E-state index contributed by atoms with van der Waals surface area (Å²) in [6.07, 6.45) is 8.57. The molecule has 112 valence electrons. The molecule has 1 heterocycles. The van der Waals surface area contributed by atoms with E-state index in [1.54, 1.807) is 0 Å². The molecule has 0 atom stereocenters. The second kappa shape index (κ2) is 7.02. The van der Waals surface area contributed by atoms with Gasteiger partial charge in [-0.2, -0.15) is 16.7 Å². The third-order valence-corrected chi connectivity index (χ3v) is 4.68. The Labute approximate surface area is 125 Å². The number of aromatic nitrogens is 2. The lowest BCUT2D eigenvalue weighted by molar-refractivity contribution is 0.234. The Balaban J connectivity index is 1.99. The molecule has 0 aliphatic heterocycles. The first-order valence-corrected chi connectivity index (χ1v) is 8.45. The van der Waals surface area contributed by atoms with Crippen molar-refractivity contribution >= 4 is 23.3 Å². The van der Waals surface area contributed by atoms with Gasteiger partial charge in [-0.15, -0.1) is 0 Å². The minimum atomic E-state index is 0.0528. The third kappa shape index (κ3) is 3.91. The van der Waals surface area contributed by atoms with Gasteiger partial charge in [-0.3, -0.25) is 0 Å². The number of anilines is 2. The molecule has 2 rings (SSSR count). The Morgan fingerprint density at radius 3 is 2.60 bits per heavy atom. The van der Waals surface area contributed by atoms with Crippen molar-refractivity contribution in [2.45, 2.75) is 56.9 Å².